The second-order valence-corrected chi connectivity index (χ2v) is 7.84. The van der Waals surface area contributed by atoms with Crippen LogP contribution in [-0.2, 0) is 7.05 Å². The van der Waals surface area contributed by atoms with Gasteiger partial charge in [0.2, 0.25) is 0 Å². The van der Waals surface area contributed by atoms with E-state index in [0.29, 0.717) is 35.0 Å². The van der Waals surface area contributed by atoms with Crippen molar-refractivity contribution >= 4 is 28.3 Å². The Morgan fingerprint density at radius 2 is 1.80 bits per heavy atom. The number of fused-ring (bicyclic) bond motifs is 1. The van der Waals surface area contributed by atoms with Crippen LogP contribution in [-0.4, -0.2) is 40.6 Å². The molecule has 0 saturated carbocycles. The minimum Gasteiger partial charge on any atom is -0.366 e. The molecule has 3 heterocycles. The van der Waals surface area contributed by atoms with Gasteiger partial charge in [0, 0.05) is 39.3 Å². The maximum Gasteiger partial charge on any atom is 0.270 e. The van der Waals surface area contributed by atoms with Gasteiger partial charge in [0.25, 0.3) is 5.56 Å². The summed E-state index contributed by atoms with van der Waals surface area (Å²) in [4.78, 5) is 21.5. The number of piperazine rings is 1. The largest absolute Gasteiger partial charge is 0.366 e. The Balaban J connectivity index is 1.66. The van der Waals surface area contributed by atoms with Crippen LogP contribution in [0.4, 0.5) is 10.1 Å². The van der Waals surface area contributed by atoms with Crippen molar-refractivity contribution in [2.45, 2.75) is 13.0 Å². The van der Waals surface area contributed by atoms with Gasteiger partial charge in [-0.25, -0.2) is 9.37 Å². The predicted octanol–water partition coefficient (Wildman–Crippen LogP) is 3.48. The number of pyridine rings is 2. The molecule has 0 radical (unpaired) electrons. The Kier molecular flexibility index (Phi) is 5.46. The lowest BCUT2D eigenvalue weighted by Crippen LogP contribution is -2.48. The number of hydrogen-bond acceptors (Lipinski definition) is 5. The third-order valence-corrected chi connectivity index (χ3v) is 6.03. The summed E-state index contributed by atoms with van der Waals surface area (Å²) in [5.41, 5.74) is 2.54. The number of anilines is 1. The Hall–Kier alpha value is -2.95. The molecule has 1 unspecified atom stereocenters. The van der Waals surface area contributed by atoms with Crippen LogP contribution in [0.2, 0.25) is 5.15 Å². The van der Waals surface area contributed by atoms with E-state index >= 15 is 0 Å². The van der Waals surface area contributed by atoms with Crippen LogP contribution in [0, 0.1) is 17.1 Å². The molecule has 0 spiro atoms. The minimum atomic E-state index is -0.341. The molecule has 3 aromatic rings. The Morgan fingerprint density at radius 3 is 2.43 bits per heavy atom. The highest BCUT2D eigenvalue weighted by Gasteiger charge is 2.27. The standard InChI is InChI=1S/C22H21ClFN5O/c1-14(15-3-5-16(24)6-4-15)28-9-11-29(12-10-28)21-17(13-25)22(30)27(2)18-7-8-19(23)26-20(18)21/h3-8,14H,9-12H2,1-2H3. The van der Waals surface area contributed by atoms with E-state index in [4.69, 9.17) is 11.6 Å². The molecule has 0 amide bonds. The number of aromatic nitrogens is 2. The Labute approximate surface area is 178 Å². The molecule has 2 aromatic heterocycles. The van der Waals surface area contributed by atoms with Gasteiger partial charge >= 0.3 is 0 Å². The van der Waals surface area contributed by atoms with Crippen LogP contribution in [0.25, 0.3) is 11.0 Å². The van der Waals surface area contributed by atoms with Crippen molar-refractivity contribution in [3.05, 3.63) is 68.8 Å². The van der Waals surface area contributed by atoms with Crippen molar-refractivity contribution in [1.82, 2.24) is 14.5 Å². The molecule has 1 aliphatic heterocycles. The van der Waals surface area contributed by atoms with E-state index < -0.39 is 0 Å². The number of halogens is 2. The van der Waals surface area contributed by atoms with Gasteiger partial charge in [0.15, 0.2) is 0 Å². The summed E-state index contributed by atoms with van der Waals surface area (Å²) in [5.74, 6) is -0.247. The molecule has 1 aromatic carbocycles. The van der Waals surface area contributed by atoms with Gasteiger partial charge in [0.05, 0.1) is 11.2 Å². The molecule has 1 atom stereocenters. The van der Waals surface area contributed by atoms with E-state index in [9.17, 15) is 14.4 Å². The zero-order chi connectivity index (χ0) is 21.4. The van der Waals surface area contributed by atoms with Gasteiger partial charge in [-0.3, -0.25) is 9.69 Å². The third kappa shape index (κ3) is 3.53. The maximum atomic E-state index is 13.2. The van der Waals surface area contributed by atoms with E-state index in [1.165, 1.54) is 16.7 Å². The van der Waals surface area contributed by atoms with E-state index in [2.05, 4.69) is 22.9 Å². The fraction of sp³-hybridized carbons (Fsp3) is 0.318. The first-order chi connectivity index (χ1) is 14.4. The summed E-state index contributed by atoms with van der Waals surface area (Å²) >= 11 is 6.13. The van der Waals surface area contributed by atoms with Crippen LogP contribution in [0.5, 0.6) is 0 Å². The fourth-order valence-corrected chi connectivity index (χ4v) is 4.21. The van der Waals surface area contributed by atoms with Crippen molar-refractivity contribution in [1.29, 1.82) is 5.26 Å². The predicted molar refractivity (Wildman–Crippen MR) is 115 cm³/mol. The average Bonchev–Trinajstić information content (AvgIpc) is 2.76. The van der Waals surface area contributed by atoms with Gasteiger partial charge in [-0.2, -0.15) is 5.26 Å². The van der Waals surface area contributed by atoms with E-state index in [-0.39, 0.29) is 23.0 Å². The topological polar surface area (TPSA) is 65.2 Å². The fourth-order valence-electron chi connectivity index (χ4n) is 4.06. The van der Waals surface area contributed by atoms with E-state index in [1.54, 1.807) is 31.3 Å². The molecule has 0 N–H and O–H groups in total. The highest BCUT2D eigenvalue weighted by atomic mass is 35.5. The van der Waals surface area contributed by atoms with Crippen LogP contribution in [0.15, 0.2) is 41.2 Å². The normalized spacial score (nSPS) is 15.9. The smallest absolute Gasteiger partial charge is 0.270 e. The second-order valence-electron chi connectivity index (χ2n) is 7.45. The third-order valence-electron chi connectivity index (χ3n) is 5.82. The number of hydrogen-bond donors (Lipinski definition) is 0. The Morgan fingerprint density at radius 1 is 1.13 bits per heavy atom. The second kappa shape index (κ2) is 8.05. The maximum absolute atomic E-state index is 13.2. The van der Waals surface area contributed by atoms with Gasteiger partial charge in [0.1, 0.15) is 28.1 Å². The summed E-state index contributed by atoms with van der Waals surface area (Å²) in [6.45, 7) is 4.84. The Bertz CT molecular complexity index is 1190. The summed E-state index contributed by atoms with van der Waals surface area (Å²) in [5, 5.41) is 10.0. The summed E-state index contributed by atoms with van der Waals surface area (Å²) in [7, 11) is 1.63. The molecule has 1 aliphatic rings. The first-order valence-corrected chi connectivity index (χ1v) is 10.1. The first-order valence-electron chi connectivity index (χ1n) is 9.74. The van der Waals surface area contributed by atoms with E-state index in [0.717, 1.165) is 18.7 Å². The quantitative estimate of drug-likeness (QED) is 0.601. The van der Waals surface area contributed by atoms with Crippen LogP contribution < -0.4 is 10.5 Å². The van der Waals surface area contributed by atoms with Crippen molar-refractivity contribution in [3.8, 4) is 6.07 Å². The lowest BCUT2D eigenvalue weighted by molar-refractivity contribution is 0.198. The number of rotatable bonds is 3. The number of nitrogens with zero attached hydrogens (tertiary/aromatic N) is 5. The summed E-state index contributed by atoms with van der Waals surface area (Å²) < 4.78 is 14.7. The number of aryl methyl sites for hydroxylation is 1. The van der Waals surface area contributed by atoms with Crippen LogP contribution in [0.3, 0.4) is 0 Å². The van der Waals surface area contributed by atoms with Crippen molar-refractivity contribution < 1.29 is 4.39 Å². The summed E-state index contributed by atoms with van der Waals surface area (Å²) in [6, 6.07) is 12.2. The van der Waals surface area contributed by atoms with E-state index in [1.807, 2.05) is 4.90 Å². The van der Waals surface area contributed by atoms with Crippen molar-refractivity contribution in [3.63, 3.8) is 0 Å². The van der Waals surface area contributed by atoms with Gasteiger partial charge in [-0.1, -0.05) is 23.7 Å². The molecule has 30 heavy (non-hydrogen) atoms. The molecule has 1 saturated heterocycles. The zero-order valence-corrected chi connectivity index (χ0v) is 17.5. The SMILES string of the molecule is CC(c1ccc(F)cc1)N1CCN(c2c(C#N)c(=O)n(C)c3ccc(Cl)nc23)CC1. The molecule has 154 valence electrons. The molecular formula is C22H21ClFN5O. The average molecular weight is 426 g/mol. The van der Waals surface area contributed by atoms with Crippen molar-refractivity contribution in [2.75, 3.05) is 31.1 Å². The van der Waals surface area contributed by atoms with Crippen molar-refractivity contribution in [2.24, 2.45) is 7.05 Å². The van der Waals surface area contributed by atoms with Gasteiger partial charge in [-0.15, -0.1) is 0 Å². The highest BCUT2D eigenvalue weighted by molar-refractivity contribution is 6.29. The summed E-state index contributed by atoms with van der Waals surface area (Å²) in [6.07, 6.45) is 0. The monoisotopic (exact) mass is 425 g/mol. The van der Waals surface area contributed by atoms with Crippen LogP contribution >= 0.6 is 11.6 Å². The number of benzene rings is 1. The molecule has 4 rings (SSSR count). The van der Waals surface area contributed by atoms with Gasteiger partial charge < -0.3 is 9.47 Å². The molecule has 0 aliphatic carbocycles. The lowest BCUT2D eigenvalue weighted by Gasteiger charge is -2.39. The van der Waals surface area contributed by atoms with Gasteiger partial charge in [-0.05, 0) is 36.8 Å². The first kappa shape index (κ1) is 20.3. The number of nitriles is 1. The molecule has 6 nitrogen and oxygen atoms in total. The molecule has 1 fully saturated rings. The molecule has 0 bridgehead atoms. The minimum absolute atomic E-state index is 0.0831. The molecule has 8 heteroatoms. The lowest BCUT2D eigenvalue weighted by atomic mass is 10.1. The zero-order valence-electron chi connectivity index (χ0n) is 16.8. The highest BCUT2D eigenvalue weighted by Crippen LogP contribution is 2.30. The molecular weight excluding hydrogens is 405 g/mol. The van der Waals surface area contributed by atoms with Crippen LogP contribution in [0.1, 0.15) is 24.1 Å².